The van der Waals surface area contributed by atoms with Gasteiger partial charge in [-0.1, -0.05) is 30.3 Å². The maximum Gasteiger partial charge on any atom is 0.193 e. The lowest BCUT2D eigenvalue weighted by molar-refractivity contribution is 0.182. The molecule has 1 aliphatic carbocycles. The summed E-state index contributed by atoms with van der Waals surface area (Å²) in [5, 5.41) is 13.6. The maximum absolute atomic E-state index is 10.4. The molecule has 1 unspecified atom stereocenters. The van der Waals surface area contributed by atoms with Crippen molar-refractivity contribution in [2.45, 2.75) is 31.8 Å². The number of benzene rings is 2. The van der Waals surface area contributed by atoms with E-state index in [9.17, 15) is 5.11 Å². The van der Waals surface area contributed by atoms with E-state index in [1.165, 1.54) is 24.0 Å². The third kappa shape index (κ3) is 4.12. The topological polar surface area (TPSA) is 79.9 Å². The number of hydrogen-bond donors (Lipinski definition) is 3. The minimum absolute atomic E-state index is 0.175. The van der Waals surface area contributed by atoms with Gasteiger partial charge in [0.25, 0.3) is 0 Å². The predicted octanol–water partition coefficient (Wildman–Crippen LogP) is 3.03. The van der Waals surface area contributed by atoms with E-state index < -0.39 is 6.10 Å². The number of aryl methyl sites for hydroxylation is 1. The lowest BCUT2D eigenvalue weighted by Gasteiger charge is -2.20. The van der Waals surface area contributed by atoms with Crippen molar-refractivity contribution in [3.8, 4) is 5.75 Å². The van der Waals surface area contributed by atoms with Crippen LogP contribution in [0.3, 0.4) is 0 Å². The van der Waals surface area contributed by atoms with Crippen molar-refractivity contribution >= 4 is 11.6 Å². The highest BCUT2D eigenvalue weighted by Gasteiger charge is 2.14. The molecule has 1 atom stereocenters. The van der Waals surface area contributed by atoms with Crippen molar-refractivity contribution in [1.29, 1.82) is 0 Å². The second kappa shape index (κ2) is 8.03. The third-order valence-corrected chi connectivity index (χ3v) is 4.59. The van der Waals surface area contributed by atoms with E-state index in [0.29, 0.717) is 17.3 Å². The number of anilines is 1. The summed E-state index contributed by atoms with van der Waals surface area (Å²) in [4.78, 5) is 4.30. The summed E-state index contributed by atoms with van der Waals surface area (Å²) in [7, 11) is 1.59. The molecule has 0 aromatic heterocycles. The first-order valence-corrected chi connectivity index (χ1v) is 8.67. The Kier molecular flexibility index (Phi) is 5.56. The smallest absolute Gasteiger partial charge is 0.193 e. The Morgan fingerprint density at radius 2 is 2.00 bits per heavy atom. The predicted molar refractivity (Wildman–Crippen MR) is 101 cm³/mol. The maximum atomic E-state index is 10.4. The zero-order valence-corrected chi connectivity index (χ0v) is 14.5. The van der Waals surface area contributed by atoms with E-state index >= 15 is 0 Å². The van der Waals surface area contributed by atoms with Gasteiger partial charge in [0.05, 0.1) is 13.7 Å². The first-order valence-electron chi connectivity index (χ1n) is 8.67. The van der Waals surface area contributed by atoms with Gasteiger partial charge in [0, 0.05) is 11.3 Å². The molecular formula is C20H25N3O2. The van der Waals surface area contributed by atoms with E-state index in [2.05, 4.69) is 16.4 Å². The number of guanidine groups is 1. The summed E-state index contributed by atoms with van der Waals surface area (Å²) in [6, 6.07) is 13.6. The molecule has 2 aromatic rings. The van der Waals surface area contributed by atoms with Crippen LogP contribution in [0.15, 0.2) is 47.5 Å². The van der Waals surface area contributed by atoms with Crippen molar-refractivity contribution in [3.05, 3.63) is 59.2 Å². The zero-order chi connectivity index (χ0) is 17.6. The Balaban J connectivity index is 1.68. The van der Waals surface area contributed by atoms with E-state index in [4.69, 9.17) is 10.5 Å². The zero-order valence-electron chi connectivity index (χ0n) is 14.5. The monoisotopic (exact) mass is 339 g/mol. The number of aliphatic hydroxyl groups is 1. The number of ether oxygens (including phenoxy) is 1. The normalized spacial score (nSPS) is 15.4. The van der Waals surface area contributed by atoms with E-state index in [1.54, 1.807) is 7.11 Å². The highest BCUT2D eigenvalue weighted by molar-refractivity contribution is 5.93. The molecule has 0 radical (unpaired) electrons. The van der Waals surface area contributed by atoms with Crippen LogP contribution >= 0.6 is 0 Å². The van der Waals surface area contributed by atoms with Crippen LogP contribution in [0.4, 0.5) is 5.69 Å². The van der Waals surface area contributed by atoms with Gasteiger partial charge in [-0.25, -0.2) is 0 Å². The SMILES string of the molecule is COc1ccccc1C(O)CN=C(N)Nc1cccc2c1CCCC2. The van der Waals surface area contributed by atoms with Gasteiger partial charge in [-0.3, -0.25) is 4.99 Å². The van der Waals surface area contributed by atoms with Crippen molar-refractivity contribution in [1.82, 2.24) is 0 Å². The molecule has 3 rings (SSSR count). The molecule has 1 aliphatic rings. The fraction of sp³-hybridized carbons (Fsp3) is 0.350. The number of hydrogen-bond acceptors (Lipinski definition) is 3. The van der Waals surface area contributed by atoms with Crippen LogP contribution < -0.4 is 15.8 Å². The highest BCUT2D eigenvalue weighted by atomic mass is 16.5. The Bertz CT molecular complexity index is 758. The van der Waals surface area contributed by atoms with Gasteiger partial charge in [-0.05, 0) is 48.9 Å². The largest absolute Gasteiger partial charge is 0.496 e. The molecule has 0 saturated carbocycles. The Morgan fingerprint density at radius 1 is 1.20 bits per heavy atom. The van der Waals surface area contributed by atoms with Gasteiger partial charge in [0.1, 0.15) is 11.9 Å². The van der Waals surface area contributed by atoms with Gasteiger partial charge in [0.2, 0.25) is 0 Å². The number of fused-ring (bicyclic) bond motifs is 1. The minimum Gasteiger partial charge on any atom is -0.496 e. The molecule has 0 spiro atoms. The van der Waals surface area contributed by atoms with Crippen LogP contribution in [-0.2, 0) is 12.8 Å². The molecule has 0 fully saturated rings. The molecule has 0 saturated heterocycles. The number of nitrogens with two attached hydrogens (primary N) is 1. The Labute approximate surface area is 148 Å². The number of methoxy groups -OCH3 is 1. The summed E-state index contributed by atoms with van der Waals surface area (Å²) in [5.41, 5.74) is 10.5. The summed E-state index contributed by atoms with van der Waals surface area (Å²) in [5.74, 6) is 0.960. The summed E-state index contributed by atoms with van der Waals surface area (Å²) < 4.78 is 5.28. The average Bonchev–Trinajstić information content (AvgIpc) is 2.66. The van der Waals surface area contributed by atoms with Gasteiger partial charge >= 0.3 is 0 Å². The van der Waals surface area contributed by atoms with Gasteiger partial charge in [0.15, 0.2) is 5.96 Å². The second-order valence-electron chi connectivity index (χ2n) is 6.26. The molecule has 0 amide bonds. The highest BCUT2D eigenvalue weighted by Crippen LogP contribution is 2.28. The van der Waals surface area contributed by atoms with Gasteiger partial charge in [-0.15, -0.1) is 0 Å². The number of nitrogens with one attached hydrogen (secondary N) is 1. The average molecular weight is 339 g/mol. The molecular weight excluding hydrogens is 314 g/mol. The number of rotatable bonds is 5. The third-order valence-electron chi connectivity index (χ3n) is 4.59. The number of aliphatic imine (C=N–C) groups is 1. The lowest BCUT2D eigenvalue weighted by atomic mass is 9.90. The summed E-state index contributed by atoms with van der Waals surface area (Å²) in [6.45, 7) is 0.175. The quantitative estimate of drug-likeness (QED) is 0.578. The fourth-order valence-corrected chi connectivity index (χ4v) is 3.30. The first-order chi connectivity index (χ1) is 12.2. The van der Waals surface area contributed by atoms with Crippen molar-refractivity contribution < 1.29 is 9.84 Å². The standard InChI is InChI=1S/C20H25N3O2/c1-25-19-12-5-4-10-16(19)18(24)13-22-20(21)23-17-11-6-8-14-7-2-3-9-15(14)17/h4-6,8,10-12,18,24H,2-3,7,9,13H2,1H3,(H3,21,22,23). The van der Waals surface area contributed by atoms with Crippen LogP contribution in [0.25, 0.3) is 0 Å². The summed E-state index contributed by atoms with van der Waals surface area (Å²) in [6.07, 6.45) is 3.87. The van der Waals surface area contributed by atoms with Crippen molar-refractivity contribution in [2.75, 3.05) is 19.0 Å². The number of aliphatic hydroxyl groups excluding tert-OH is 1. The van der Waals surface area contributed by atoms with Crippen molar-refractivity contribution in [3.63, 3.8) is 0 Å². The van der Waals surface area contributed by atoms with E-state index in [-0.39, 0.29) is 6.54 Å². The molecule has 132 valence electrons. The van der Waals surface area contributed by atoms with Crippen LogP contribution in [0.1, 0.15) is 35.6 Å². The van der Waals surface area contributed by atoms with Gasteiger partial charge < -0.3 is 20.9 Å². The molecule has 5 heteroatoms. The minimum atomic E-state index is -0.763. The fourth-order valence-electron chi connectivity index (χ4n) is 3.30. The molecule has 5 nitrogen and oxygen atoms in total. The van der Waals surface area contributed by atoms with Crippen LogP contribution in [0.2, 0.25) is 0 Å². The Hall–Kier alpha value is -2.53. The van der Waals surface area contributed by atoms with E-state index in [0.717, 1.165) is 18.5 Å². The second-order valence-corrected chi connectivity index (χ2v) is 6.26. The number of nitrogens with zero attached hydrogens (tertiary/aromatic N) is 1. The molecule has 0 aliphatic heterocycles. The van der Waals surface area contributed by atoms with E-state index in [1.807, 2.05) is 36.4 Å². The summed E-state index contributed by atoms with van der Waals surface area (Å²) >= 11 is 0. The van der Waals surface area contributed by atoms with Gasteiger partial charge in [-0.2, -0.15) is 0 Å². The molecule has 4 N–H and O–H groups in total. The van der Waals surface area contributed by atoms with Crippen LogP contribution in [-0.4, -0.2) is 24.7 Å². The van der Waals surface area contributed by atoms with Crippen molar-refractivity contribution in [2.24, 2.45) is 10.7 Å². The molecule has 0 bridgehead atoms. The molecule has 25 heavy (non-hydrogen) atoms. The first kappa shape index (κ1) is 17.3. The molecule has 2 aromatic carbocycles. The lowest BCUT2D eigenvalue weighted by Crippen LogP contribution is -2.25. The van der Waals surface area contributed by atoms with Crippen LogP contribution in [0.5, 0.6) is 5.75 Å². The number of para-hydroxylation sites is 1. The Morgan fingerprint density at radius 3 is 2.84 bits per heavy atom. The molecule has 0 heterocycles. The van der Waals surface area contributed by atoms with Crippen LogP contribution in [0, 0.1) is 0 Å².